The summed E-state index contributed by atoms with van der Waals surface area (Å²) in [6.45, 7) is 0.608. The van der Waals surface area contributed by atoms with Gasteiger partial charge in [0.25, 0.3) is 0 Å². The summed E-state index contributed by atoms with van der Waals surface area (Å²) in [5.41, 5.74) is 1.77. The average Bonchev–Trinajstić information content (AvgIpc) is 2.94. The molecule has 0 atom stereocenters. The monoisotopic (exact) mass is 349 g/mol. The van der Waals surface area contributed by atoms with Crippen LogP contribution in [0.15, 0.2) is 42.7 Å². The van der Waals surface area contributed by atoms with Crippen LogP contribution in [0.3, 0.4) is 0 Å². The Hall–Kier alpha value is -2.31. The molecule has 1 N–H and O–H groups in total. The third-order valence-electron chi connectivity index (χ3n) is 3.06. The van der Waals surface area contributed by atoms with Crippen molar-refractivity contribution in [1.29, 1.82) is 0 Å². The van der Waals surface area contributed by atoms with E-state index < -0.39 is 0 Å². The summed E-state index contributed by atoms with van der Waals surface area (Å²) in [6, 6.07) is 11.1. The number of nitrogens with zero attached hydrogens (tertiary/aromatic N) is 4. The van der Waals surface area contributed by atoms with Gasteiger partial charge in [0, 0.05) is 5.69 Å². The molecule has 8 heteroatoms. The quantitative estimate of drug-likeness (QED) is 0.710. The first kappa shape index (κ1) is 15.6. The maximum atomic E-state index is 5.86. The molecule has 0 spiro atoms. The Balaban J connectivity index is 1.69. The van der Waals surface area contributed by atoms with Crippen LogP contribution in [0.25, 0.3) is 0 Å². The van der Waals surface area contributed by atoms with Gasteiger partial charge >= 0.3 is 0 Å². The largest absolute Gasteiger partial charge is 0.497 e. The SMILES string of the molecule is COc1ccc(Cn2cnc(Nc3cc(Cl)nc(Cl)c3)n2)cc1. The summed E-state index contributed by atoms with van der Waals surface area (Å²) < 4.78 is 6.87. The highest BCUT2D eigenvalue weighted by Gasteiger charge is 2.05. The summed E-state index contributed by atoms with van der Waals surface area (Å²) in [5.74, 6) is 1.28. The van der Waals surface area contributed by atoms with Gasteiger partial charge in [-0.05, 0) is 29.8 Å². The van der Waals surface area contributed by atoms with Crippen LogP contribution in [-0.4, -0.2) is 26.9 Å². The zero-order valence-electron chi connectivity index (χ0n) is 12.2. The molecule has 0 bridgehead atoms. The first-order valence-corrected chi connectivity index (χ1v) is 7.50. The van der Waals surface area contributed by atoms with Crippen LogP contribution in [0.4, 0.5) is 11.6 Å². The van der Waals surface area contributed by atoms with Crippen molar-refractivity contribution in [2.45, 2.75) is 6.54 Å². The zero-order chi connectivity index (χ0) is 16.2. The minimum Gasteiger partial charge on any atom is -0.497 e. The van der Waals surface area contributed by atoms with E-state index in [2.05, 4.69) is 20.4 Å². The van der Waals surface area contributed by atoms with E-state index in [0.29, 0.717) is 28.5 Å². The number of anilines is 2. The number of ether oxygens (including phenoxy) is 1. The molecule has 0 aliphatic carbocycles. The lowest BCUT2D eigenvalue weighted by molar-refractivity contribution is 0.414. The Morgan fingerprint density at radius 2 is 1.83 bits per heavy atom. The second-order valence-corrected chi connectivity index (χ2v) is 5.51. The second-order valence-electron chi connectivity index (χ2n) is 4.74. The maximum absolute atomic E-state index is 5.86. The van der Waals surface area contributed by atoms with Crippen LogP contribution in [-0.2, 0) is 6.54 Å². The molecule has 3 aromatic rings. The van der Waals surface area contributed by atoms with Crippen LogP contribution >= 0.6 is 23.2 Å². The van der Waals surface area contributed by atoms with E-state index >= 15 is 0 Å². The smallest absolute Gasteiger partial charge is 0.246 e. The number of methoxy groups -OCH3 is 1. The van der Waals surface area contributed by atoms with Gasteiger partial charge in [0.2, 0.25) is 5.95 Å². The Kier molecular flexibility index (Phi) is 4.64. The number of hydrogen-bond acceptors (Lipinski definition) is 5. The lowest BCUT2D eigenvalue weighted by Crippen LogP contribution is -2.01. The topological polar surface area (TPSA) is 64.9 Å². The van der Waals surface area contributed by atoms with Crippen molar-refractivity contribution in [3.63, 3.8) is 0 Å². The molecule has 0 fully saturated rings. The predicted octanol–water partition coefficient (Wildman–Crippen LogP) is 3.78. The second kappa shape index (κ2) is 6.85. The minimum absolute atomic E-state index is 0.303. The number of halogens is 2. The summed E-state index contributed by atoms with van der Waals surface area (Å²) in [6.07, 6.45) is 1.65. The molecule has 3 rings (SSSR count). The minimum atomic E-state index is 0.303. The number of nitrogens with one attached hydrogen (secondary N) is 1. The molecule has 0 saturated heterocycles. The van der Waals surface area contributed by atoms with Gasteiger partial charge in [-0.2, -0.15) is 0 Å². The van der Waals surface area contributed by atoms with E-state index in [-0.39, 0.29) is 0 Å². The van der Waals surface area contributed by atoms with Gasteiger partial charge in [0.15, 0.2) is 0 Å². The number of aromatic nitrogens is 4. The standard InChI is InChI=1S/C15H13Cl2N5O/c1-23-12-4-2-10(3-5-12)8-22-9-18-15(21-22)19-11-6-13(16)20-14(17)7-11/h2-7,9H,8H2,1H3,(H,19,20,21). The fourth-order valence-electron chi connectivity index (χ4n) is 2.01. The number of pyridine rings is 1. The Bertz CT molecular complexity index is 784. The third kappa shape index (κ3) is 4.12. The van der Waals surface area contributed by atoms with Gasteiger partial charge in [-0.25, -0.2) is 14.6 Å². The van der Waals surface area contributed by atoms with Gasteiger partial charge in [0.05, 0.1) is 13.7 Å². The Morgan fingerprint density at radius 1 is 1.13 bits per heavy atom. The Labute approximate surface area is 143 Å². The van der Waals surface area contributed by atoms with Crippen molar-refractivity contribution in [3.8, 4) is 5.75 Å². The highest BCUT2D eigenvalue weighted by molar-refractivity contribution is 6.32. The molecule has 0 aliphatic rings. The van der Waals surface area contributed by atoms with Crippen molar-refractivity contribution in [2.75, 3.05) is 12.4 Å². The van der Waals surface area contributed by atoms with Crippen molar-refractivity contribution in [3.05, 3.63) is 58.6 Å². The van der Waals surface area contributed by atoms with Crippen molar-refractivity contribution in [1.82, 2.24) is 19.7 Å². The van der Waals surface area contributed by atoms with Crippen molar-refractivity contribution >= 4 is 34.8 Å². The molecule has 2 heterocycles. The molecule has 0 saturated carbocycles. The highest BCUT2D eigenvalue weighted by Crippen LogP contribution is 2.21. The molecule has 0 amide bonds. The number of rotatable bonds is 5. The van der Waals surface area contributed by atoms with E-state index in [1.165, 1.54) is 0 Å². The molecular weight excluding hydrogens is 337 g/mol. The van der Waals surface area contributed by atoms with Gasteiger partial charge in [0.1, 0.15) is 22.4 Å². The third-order valence-corrected chi connectivity index (χ3v) is 3.45. The normalized spacial score (nSPS) is 10.6. The van der Waals surface area contributed by atoms with Gasteiger partial charge in [-0.1, -0.05) is 35.3 Å². The van der Waals surface area contributed by atoms with E-state index in [1.807, 2.05) is 24.3 Å². The Morgan fingerprint density at radius 3 is 2.48 bits per heavy atom. The van der Waals surface area contributed by atoms with E-state index in [9.17, 15) is 0 Å². The molecule has 1 aromatic carbocycles. The predicted molar refractivity (Wildman–Crippen MR) is 89.7 cm³/mol. The molecule has 0 aliphatic heterocycles. The molecule has 0 unspecified atom stereocenters. The lowest BCUT2D eigenvalue weighted by atomic mass is 10.2. The molecule has 2 aromatic heterocycles. The zero-order valence-corrected chi connectivity index (χ0v) is 13.7. The van der Waals surface area contributed by atoms with Crippen molar-refractivity contribution in [2.24, 2.45) is 0 Å². The molecule has 6 nitrogen and oxygen atoms in total. The fraction of sp³-hybridized carbons (Fsp3) is 0.133. The van der Waals surface area contributed by atoms with Gasteiger partial charge in [-0.15, -0.1) is 5.10 Å². The van der Waals surface area contributed by atoms with Gasteiger partial charge < -0.3 is 10.1 Å². The summed E-state index contributed by atoms with van der Waals surface area (Å²) in [7, 11) is 1.64. The number of benzene rings is 1. The van der Waals surface area contributed by atoms with E-state index in [1.54, 1.807) is 30.3 Å². The average molecular weight is 350 g/mol. The molecule has 23 heavy (non-hydrogen) atoms. The van der Waals surface area contributed by atoms with Crippen LogP contribution in [0.1, 0.15) is 5.56 Å². The summed E-state index contributed by atoms with van der Waals surface area (Å²) in [4.78, 5) is 8.10. The summed E-state index contributed by atoms with van der Waals surface area (Å²) in [5, 5.41) is 8.00. The van der Waals surface area contributed by atoms with Crippen molar-refractivity contribution < 1.29 is 4.74 Å². The first-order valence-electron chi connectivity index (χ1n) is 6.75. The van der Waals surface area contributed by atoms with Crippen LogP contribution < -0.4 is 10.1 Å². The van der Waals surface area contributed by atoms with E-state index in [0.717, 1.165) is 11.3 Å². The number of hydrogen-bond donors (Lipinski definition) is 1. The molecular formula is C15H13Cl2N5O. The maximum Gasteiger partial charge on any atom is 0.246 e. The van der Waals surface area contributed by atoms with Crippen LogP contribution in [0.5, 0.6) is 5.75 Å². The fourth-order valence-corrected chi connectivity index (χ4v) is 2.47. The molecule has 0 radical (unpaired) electrons. The van der Waals surface area contributed by atoms with Gasteiger partial charge in [-0.3, -0.25) is 0 Å². The van der Waals surface area contributed by atoms with E-state index in [4.69, 9.17) is 27.9 Å². The molecule has 118 valence electrons. The lowest BCUT2D eigenvalue weighted by Gasteiger charge is -2.04. The summed E-state index contributed by atoms with van der Waals surface area (Å²) >= 11 is 11.7. The van der Waals surface area contributed by atoms with Crippen LogP contribution in [0, 0.1) is 0 Å². The van der Waals surface area contributed by atoms with Crippen LogP contribution in [0.2, 0.25) is 10.3 Å². The first-order chi connectivity index (χ1) is 11.1. The highest BCUT2D eigenvalue weighted by atomic mass is 35.5.